The number of ether oxygens (including phenoxy) is 1. The molecular weight excluding hydrogens is 350 g/mol. The van der Waals surface area contributed by atoms with Crippen LogP contribution in [-0.2, 0) is 16.1 Å². The van der Waals surface area contributed by atoms with Crippen molar-refractivity contribution in [1.82, 2.24) is 0 Å². The van der Waals surface area contributed by atoms with Crippen molar-refractivity contribution in [3.63, 3.8) is 0 Å². The summed E-state index contributed by atoms with van der Waals surface area (Å²) in [4.78, 5) is 26.2. The molecule has 1 aliphatic rings. The van der Waals surface area contributed by atoms with E-state index in [1.54, 1.807) is 17.0 Å². The third kappa shape index (κ3) is 4.03. The molecule has 1 N–H and O–H groups in total. The molecule has 2 aromatic rings. The Morgan fingerprint density at radius 2 is 2.04 bits per heavy atom. The van der Waals surface area contributed by atoms with E-state index in [-0.39, 0.29) is 11.9 Å². The second kappa shape index (κ2) is 7.85. The summed E-state index contributed by atoms with van der Waals surface area (Å²) in [6, 6.07) is 11.2. The lowest BCUT2D eigenvalue weighted by atomic mass is 10.1. The molecule has 0 bridgehead atoms. The van der Waals surface area contributed by atoms with Crippen LogP contribution < -0.4 is 4.90 Å². The van der Waals surface area contributed by atoms with E-state index < -0.39 is 5.97 Å². The monoisotopic (exact) mass is 371 g/mol. The second-order valence-corrected chi connectivity index (χ2v) is 7.54. The van der Waals surface area contributed by atoms with Crippen molar-refractivity contribution in [3.05, 3.63) is 58.3 Å². The maximum absolute atomic E-state index is 12.3. The molecule has 26 heavy (non-hydrogen) atoms. The zero-order valence-electron chi connectivity index (χ0n) is 14.6. The number of benzene rings is 1. The molecule has 0 spiro atoms. The van der Waals surface area contributed by atoms with E-state index in [2.05, 4.69) is 6.58 Å². The van der Waals surface area contributed by atoms with Crippen LogP contribution in [-0.4, -0.2) is 29.6 Å². The zero-order chi connectivity index (χ0) is 18.7. The van der Waals surface area contributed by atoms with Crippen molar-refractivity contribution >= 4 is 34.5 Å². The van der Waals surface area contributed by atoms with E-state index in [1.165, 1.54) is 11.3 Å². The fourth-order valence-electron chi connectivity index (χ4n) is 3.03. The molecule has 1 aliphatic heterocycles. The highest BCUT2D eigenvalue weighted by atomic mass is 32.1. The number of allylic oxidation sites excluding steroid dienone is 1. The highest BCUT2D eigenvalue weighted by molar-refractivity contribution is 7.13. The first-order chi connectivity index (χ1) is 12.5. The highest BCUT2D eigenvalue weighted by Crippen LogP contribution is 2.28. The summed E-state index contributed by atoms with van der Waals surface area (Å²) >= 11 is 1.21. The van der Waals surface area contributed by atoms with Gasteiger partial charge in [0.1, 0.15) is 4.88 Å². The Kier molecular flexibility index (Phi) is 5.54. The first-order valence-electron chi connectivity index (χ1n) is 8.43. The number of hydrogen-bond acceptors (Lipinski definition) is 4. The topological polar surface area (TPSA) is 66.8 Å². The smallest absolute Gasteiger partial charge is 0.345 e. The van der Waals surface area contributed by atoms with E-state index >= 15 is 0 Å². The molecule has 2 heterocycles. The SMILES string of the molecule is C=C(C)c1ccc(N2C(=O)CCC2COCc2ccc(C(=O)O)s2)cc1. The molecule has 1 unspecified atom stereocenters. The van der Waals surface area contributed by atoms with Crippen LogP contribution in [0.2, 0.25) is 0 Å². The minimum Gasteiger partial charge on any atom is -0.477 e. The van der Waals surface area contributed by atoms with Gasteiger partial charge in [0.05, 0.1) is 19.3 Å². The number of thiophene rings is 1. The third-order valence-corrected chi connectivity index (χ3v) is 5.44. The Labute approximate surface area is 156 Å². The van der Waals surface area contributed by atoms with Gasteiger partial charge in [-0.1, -0.05) is 24.3 Å². The molecule has 136 valence electrons. The summed E-state index contributed by atoms with van der Waals surface area (Å²) in [5.74, 6) is -0.821. The van der Waals surface area contributed by atoms with E-state index in [9.17, 15) is 9.59 Å². The number of carbonyl (C=O) groups excluding carboxylic acids is 1. The van der Waals surface area contributed by atoms with Crippen LogP contribution >= 0.6 is 11.3 Å². The van der Waals surface area contributed by atoms with Crippen molar-refractivity contribution in [2.45, 2.75) is 32.4 Å². The van der Waals surface area contributed by atoms with Gasteiger partial charge in [-0.15, -0.1) is 11.3 Å². The number of carboxylic acids is 1. The largest absolute Gasteiger partial charge is 0.477 e. The fourth-order valence-corrected chi connectivity index (χ4v) is 3.81. The molecule has 0 aliphatic carbocycles. The summed E-state index contributed by atoms with van der Waals surface area (Å²) in [5, 5.41) is 8.96. The van der Waals surface area contributed by atoms with Crippen molar-refractivity contribution < 1.29 is 19.4 Å². The van der Waals surface area contributed by atoms with Crippen molar-refractivity contribution in [1.29, 1.82) is 0 Å². The molecule has 6 heteroatoms. The molecule has 1 atom stereocenters. The predicted molar refractivity (Wildman–Crippen MR) is 103 cm³/mol. The summed E-state index contributed by atoms with van der Waals surface area (Å²) in [6.07, 6.45) is 1.27. The van der Waals surface area contributed by atoms with Gasteiger partial charge in [-0.25, -0.2) is 4.79 Å². The van der Waals surface area contributed by atoms with Crippen molar-refractivity contribution in [2.24, 2.45) is 0 Å². The maximum Gasteiger partial charge on any atom is 0.345 e. The molecule has 5 nitrogen and oxygen atoms in total. The average Bonchev–Trinajstić information content (AvgIpc) is 3.22. The van der Waals surface area contributed by atoms with E-state index in [0.29, 0.717) is 24.5 Å². The molecular formula is C20H21NO4S. The lowest BCUT2D eigenvalue weighted by Gasteiger charge is -2.25. The van der Waals surface area contributed by atoms with E-state index in [0.717, 1.165) is 28.1 Å². The van der Waals surface area contributed by atoms with Gasteiger partial charge in [-0.05, 0) is 43.2 Å². The molecule has 3 rings (SSSR count). The van der Waals surface area contributed by atoms with Gasteiger partial charge >= 0.3 is 5.97 Å². The lowest BCUT2D eigenvalue weighted by Crippen LogP contribution is -2.36. The standard InChI is InChI=1S/C20H21NO4S/c1-13(2)14-3-5-15(6-4-14)21-16(7-10-19(21)22)11-25-12-17-8-9-18(26-17)20(23)24/h3-6,8-9,16H,1,7,10-12H2,2H3,(H,23,24). The summed E-state index contributed by atoms with van der Waals surface area (Å²) in [6.45, 7) is 6.66. The quantitative estimate of drug-likeness (QED) is 0.792. The fraction of sp³-hybridized carbons (Fsp3) is 0.300. The van der Waals surface area contributed by atoms with Crippen molar-refractivity contribution in [3.8, 4) is 0 Å². The lowest BCUT2D eigenvalue weighted by molar-refractivity contribution is -0.117. The summed E-state index contributed by atoms with van der Waals surface area (Å²) in [5.41, 5.74) is 2.91. The van der Waals surface area contributed by atoms with Crippen LogP contribution in [0.4, 0.5) is 5.69 Å². The van der Waals surface area contributed by atoms with Crippen molar-refractivity contribution in [2.75, 3.05) is 11.5 Å². The van der Waals surface area contributed by atoms with Gasteiger partial charge in [0.25, 0.3) is 0 Å². The number of anilines is 1. The Balaban J connectivity index is 1.62. The van der Waals surface area contributed by atoms with E-state index in [4.69, 9.17) is 9.84 Å². The minimum absolute atomic E-state index is 0.00270. The van der Waals surface area contributed by atoms with Gasteiger partial charge < -0.3 is 14.7 Å². The molecule has 1 amide bonds. The number of nitrogens with zero attached hydrogens (tertiary/aromatic N) is 1. The molecule has 1 saturated heterocycles. The molecule has 1 aromatic carbocycles. The van der Waals surface area contributed by atoms with Crippen LogP contribution in [0.3, 0.4) is 0 Å². The Morgan fingerprint density at radius 1 is 1.31 bits per heavy atom. The number of carboxylic acid groups (broad SMARTS) is 1. The van der Waals surface area contributed by atoms with Gasteiger partial charge in [-0.2, -0.15) is 0 Å². The van der Waals surface area contributed by atoms with Gasteiger partial charge in [0, 0.05) is 17.0 Å². The maximum atomic E-state index is 12.3. The number of rotatable bonds is 7. The van der Waals surface area contributed by atoms with Crippen LogP contribution in [0, 0.1) is 0 Å². The minimum atomic E-state index is -0.924. The van der Waals surface area contributed by atoms with Gasteiger partial charge in [0.2, 0.25) is 5.91 Å². The van der Waals surface area contributed by atoms with Crippen LogP contribution in [0.25, 0.3) is 5.57 Å². The van der Waals surface area contributed by atoms with Crippen LogP contribution in [0.5, 0.6) is 0 Å². The number of hydrogen-bond donors (Lipinski definition) is 1. The Bertz CT molecular complexity index is 825. The molecule has 1 aromatic heterocycles. The predicted octanol–water partition coefficient (Wildman–Crippen LogP) is 4.19. The third-order valence-electron chi connectivity index (χ3n) is 4.39. The first kappa shape index (κ1) is 18.4. The average molecular weight is 371 g/mol. The summed E-state index contributed by atoms with van der Waals surface area (Å²) in [7, 11) is 0. The molecule has 1 fully saturated rings. The molecule has 0 radical (unpaired) electrons. The van der Waals surface area contributed by atoms with Crippen LogP contribution in [0.15, 0.2) is 43.0 Å². The first-order valence-corrected chi connectivity index (χ1v) is 9.25. The normalized spacial score (nSPS) is 16.9. The Morgan fingerprint density at radius 3 is 2.65 bits per heavy atom. The highest BCUT2D eigenvalue weighted by Gasteiger charge is 2.32. The second-order valence-electron chi connectivity index (χ2n) is 6.37. The van der Waals surface area contributed by atoms with E-state index in [1.807, 2.05) is 31.2 Å². The summed E-state index contributed by atoms with van der Waals surface area (Å²) < 4.78 is 5.77. The van der Waals surface area contributed by atoms with Gasteiger partial charge in [-0.3, -0.25) is 4.79 Å². The van der Waals surface area contributed by atoms with Gasteiger partial charge in [0.15, 0.2) is 0 Å². The molecule has 0 saturated carbocycles. The zero-order valence-corrected chi connectivity index (χ0v) is 15.4. The number of aromatic carboxylic acids is 1. The van der Waals surface area contributed by atoms with Crippen LogP contribution in [0.1, 0.15) is 39.9 Å². The number of amides is 1. The number of carbonyl (C=O) groups is 2. The Hall–Kier alpha value is -2.44.